The van der Waals surface area contributed by atoms with E-state index >= 15 is 0 Å². The molecule has 1 fully saturated rings. The fraction of sp³-hybridized carbons (Fsp3) is 0.467. The molecule has 2 heterocycles. The maximum Gasteiger partial charge on any atom is 0.417 e. The smallest absolute Gasteiger partial charge is 0.408 e. The van der Waals surface area contributed by atoms with Crippen LogP contribution in [0.25, 0.3) is 11.1 Å². The third-order valence-electron chi connectivity index (χ3n) is 4.25. The maximum atomic E-state index is 12.7. The molecule has 0 bridgehead atoms. The summed E-state index contributed by atoms with van der Waals surface area (Å²) in [6.45, 7) is 5.95. The van der Waals surface area contributed by atoms with Gasteiger partial charge in [-0.25, -0.2) is 4.79 Å². The van der Waals surface area contributed by atoms with Crippen LogP contribution in [-0.2, 0) is 4.74 Å². The fourth-order valence-electron chi connectivity index (χ4n) is 3.01. The third kappa shape index (κ3) is 1.98. The molecule has 106 valence electrons. The molecule has 5 heteroatoms. The van der Waals surface area contributed by atoms with Crippen molar-refractivity contribution in [2.24, 2.45) is 11.8 Å². The van der Waals surface area contributed by atoms with Gasteiger partial charge in [-0.2, -0.15) is 0 Å². The summed E-state index contributed by atoms with van der Waals surface area (Å²) in [5.74, 6) is -0.455. The van der Waals surface area contributed by atoms with Gasteiger partial charge in [0.15, 0.2) is 11.4 Å². The Bertz CT molecular complexity index is 714. The molecule has 5 nitrogen and oxygen atoms in total. The Labute approximate surface area is 115 Å². The molecule has 1 aromatic carbocycles. The van der Waals surface area contributed by atoms with Gasteiger partial charge in [0.1, 0.15) is 0 Å². The van der Waals surface area contributed by atoms with Crippen molar-refractivity contribution in [3.63, 3.8) is 0 Å². The van der Waals surface area contributed by atoms with Crippen LogP contribution < -0.4 is 5.76 Å². The number of carbonyl (C=O) groups excluding carboxylic acids is 1. The molecule has 2 aromatic rings. The molecule has 0 aliphatic carbocycles. The van der Waals surface area contributed by atoms with E-state index in [2.05, 4.69) is 4.98 Å². The van der Waals surface area contributed by atoms with Gasteiger partial charge in [0.25, 0.3) is 0 Å². The second kappa shape index (κ2) is 4.59. The summed E-state index contributed by atoms with van der Waals surface area (Å²) in [5.41, 5.74) is 1.57. The highest BCUT2D eigenvalue weighted by Crippen LogP contribution is 2.34. The first-order valence-electron chi connectivity index (χ1n) is 6.80. The van der Waals surface area contributed by atoms with Crippen molar-refractivity contribution in [1.29, 1.82) is 0 Å². The number of hydrogen-bond acceptors (Lipinski definition) is 4. The molecule has 1 N–H and O–H groups in total. The van der Waals surface area contributed by atoms with Crippen molar-refractivity contribution < 1.29 is 13.9 Å². The maximum absolute atomic E-state index is 12.7. The van der Waals surface area contributed by atoms with E-state index in [1.807, 2.05) is 20.8 Å². The number of ketones is 1. The quantitative estimate of drug-likeness (QED) is 0.854. The number of Topliss-reactive ketones (excluding diaryl/α,β-unsaturated/α-hetero) is 1. The summed E-state index contributed by atoms with van der Waals surface area (Å²) < 4.78 is 10.7. The molecule has 1 aliphatic heterocycles. The lowest BCUT2D eigenvalue weighted by atomic mass is 9.83. The van der Waals surface area contributed by atoms with E-state index in [4.69, 9.17) is 9.15 Å². The highest BCUT2D eigenvalue weighted by Gasteiger charge is 2.41. The van der Waals surface area contributed by atoms with E-state index in [0.29, 0.717) is 16.7 Å². The van der Waals surface area contributed by atoms with Gasteiger partial charge < -0.3 is 9.15 Å². The molecule has 3 rings (SSSR count). The summed E-state index contributed by atoms with van der Waals surface area (Å²) in [6.07, 6.45) is -0.0192. The predicted octanol–water partition coefficient (Wildman–Crippen LogP) is 2.36. The predicted molar refractivity (Wildman–Crippen MR) is 73.8 cm³/mol. The first-order chi connectivity index (χ1) is 9.47. The molecular weight excluding hydrogens is 258 g/mol. The van der Waals surface area contributed by atoms with Crippen LogP contribution in [0.5, 0.6) is 0 Å². The molecule has 0 radical (unpaired) electrons. The average Bonchev–Trinajstić information content (AvgIpc) is 2.87. The van der Waals surface area contributed by atoms with Crippen LogP contribution in [0.15, 0.2) is 27.4 Å². The number of carbonyl (C=O) groups is 1. The SMILES string of the molecule is CC1OC(C)C(C(=O)c2ccc3[nH]c(=O)oc3c2)C1C. The molecule has 4 atom stereocenters. The minimum atomic E-state index is -0.510. The molecular formula is C15H17NO4. The lowest BCUT2D eigenvalue weighted by Gasteiger charge is -2.16. The highest BCUT2D eigenvalue weighted by atomic mass is 16.5. The van der Waals surface area contributed by atoms with E-state index in [9.17, 15) is 9.59 Å². The van der Waals surface area contributed by atoms with Gasteiger partial charge in [-0.15, -0.1) is 0 Å². The summed E-state index contributed by atoms with van der Waals surface area (Å²) in [4.78, 5) is 26.4. The number of aromatic amines is 1. The number of H-pyrrole nitrogens is 1. The highest BCUT2D eigenvalue weighted by molar-refractivity contribution is 6.00. The van der Waals surface area contributed by atoms with Gasteiger partial charge in [-0.3, -0.25) is 9.78 Å². The van der Waals surface area contributed by atoms with E-state index in [-0.39, 0.29) is 29.8 Å². The lowest BCUT2D eigenvalue weighted by Crippen LogP contribution is -2.26. The van der Waals surface area contributed by atoms with E-state index < -0.39 is 5.76 Å². The van der Waals surface area contributed by atoms with Gasteiger partial charge >= 0.3 is 5.76 Å². The number of oxazole rings is 1. The summed E-state index contributed by atoms with van der Waals surface area (Å²) in [5, 5.41) is 0. The molecule has 0 amide bonds. The van der Waals surface area contributed by atoms with Crippen molar-refractivity contribution in [2.45, 2.75) is 33.0 Å². The van der Waals surface area contributed by atoms with Crippen LogP contribution >= 0.6 is 0 Å². The molecule has 1 aliphatic rings. The Kier molecular flexibility index (Phi) is 3.01. The van der Waals surface area contributed by atoms with Crippen molar-refractivity contribution in [2.75, 3.05) is 0 Å². The second-order valence-corrected chi connectivity index (χ2v) is 5.52. The normalized spacial score (nSPS) is 29.9. The third-order valence-corrected chi connectivity index (χ3v) is 4.25. The zero-order chi connectivity index (χ0) is 14.4. The Morgan fingerprint density at radius 3 is 2.60 bits per heavy atom. The Morgan fingerprint density at radius 2 is 1.95 bits per heavy atom. The van der Waals surface area contributed by atoms with Crippen LogP contribution in [0.2, 0.25) is 0 Å². The zero-order valence-corrected chi connectivity index (χ0v) is 11.7. The van der Waals surface area contributed by atoms with Crippen molar-refractivity contribution in [3.8, 4) is 0 Å². The molecule has 1 aromatic heterocycles. The second-order valence-electron chi connectivity index (χ2n) is 5.52. The minimum Gasteiger partial charge on any atom is -0.408 e. The first kappa shape index (κ1) is 13.1. The number of fused-ring (bicyclic) bond motifs is 1. The fourth-order valence-corrected chi connectivity index (χ4v) is 3.01. The van der Waals surface area contributed by atoms with Crippen LogP contribution in [-0.4, -0.2) is 23.0 Å². The van der Waals surface area contributed by atoms with E-state index in [1.165, 1.54) is 0 Å². The van der Waals surface area contributed by atoms with Gasteiger partial charge in [-0.05, 0) is 38.0 Å². The standard InChI is InChI=1S/C15H17NO4/c1-7-8(2)19-9(3)13(7)14(17)10-4-5-11-12(6-10)20-15(18)16-11/h4-9,13H,1-3H3,(H,16,18). The monoisotopic (exact) mass is 275 g/mol. The van der Waals surface area contributed by atoms with E-state index in [1.54, 1.807) is 18.2 Å². The molecule has 1 saturated heterocycles. The number of hydrogen-bond donors (Lipinski definition) is 1. The van der Waals surface area contributed by atoms with Crippen LogP contribution in [0.1, 0.15) is 31.1 Å². The lowest BCUT2D eigenvalue weighted by molar-refractivity contribution is 0.0491. The average molecular weight is 275 g/mol. The van der Waals surface area contributed by atoms with Crippen molar-refractivity contribution in [1.82, 2.24) is 4.98 Å². The van der Waals surface area contributed by atoms with Crippen LogP contribution in [0, 0.1) is 11.8 Å². The summed E-state index contributed by atoms with van der Waals surface area (Å²) in [7, 11) is 0. The zero-order valence-electron chi connectivity index (χ0n) is 11.7. The van der Waals surface area contributed by atoms with Crippen molar-refractivity contribution >= 4 is 16.9 Å². The first-order valence-corrected chi connectivity index (χ1v) is 6.80. The molecule has 4 unspecified atom stereocenters. The number of aromatic nitrogens is 1. The summed E-state index contributed by atoms with van der Waals surface area (Å²) in [6, 6.07) is 5.04. The van der Waals surface area contributed by atoms with Gasteiger partial charge in [0, 0.05) is 5.56 Å². The van der Waals surface area contributed by atoms with E-state index in [0.717, 1.165) is 0 Å². The van der Waals surface area contributed by atoms with Crippen LogP contribution in [0.4, 0.5) is 0 Å². The van der Waals surface area contributed by atoms with Gasteiger partial charge in [0.2, 0.25) is 0 Å². The Hall–Kier alpha value is -1.88. The van der Waals surface area contributed by atoms with Gasteiger partial charge in [0.05, 0.1) is 23.6 Å². The van der Waals surface area contributed by atoms with Crippen LogP contribution in [0.3, 0.4) is 0 Å². The summed E-state index contributed by atoms with van der Waals surface area (Å²) >= 11 is 0. The topological polar surface area (TPSA) is 72.3 Å². The van der Waals surface area contributed by atoms with Crippen molar-refractivity contribution in [3.05, 3.63) is 34.3 Å². The molecule has 20 heavy (non-hydrogen) atoms. The Morgan fingerprint density at radius 1 is 1.20 bits per heavy atom. The largest absolute Gasteiger partial charge is 0.417 e. The number of nitrogens with one attached hydrogen (secondary N) is 1. The Balaban J connectivity index is 1.97. The number of benzene rings is 1. The molecule has 0 spiro atoms. The number of rotatable bonds is 2. The number of ether oxygens (including phenoxy) is 1. The van der Waals surface area contributed by atoms with Gasteiger partial charge in [-0.1, -0.05) is 6.92 Å². The minimum absolute atomic E-state index is 0.0418. The molecule has 0 saturated carbocycles.